The Labute approximate surface area is 154 Å². The van der Waals surface area contributed by atoms with Gasteiger partial charge < -0.3 is 10.1 Å². The number of benzene rings is 2. The molecule has 0 atom stereocenters. The number of hydrogen-bond donors (Lipinski definition) is 1. The third kappa shape index (κ3) is 2.90. The largest absolute Gasteiger partial charge is 0.457 e. The smallest absolute Gasteiger partial charge is 0.255 e. The lowest BCUT2D eigenvalue weighted by atomic mass is 9.53. The first-order valence-electron chi connectivity index (χ1n) is 9.84. The fourth-order valence-corrected chi connectivity index (χ4v) is 5.93. The number of rotatable bonds is 4. The average Bonchev–Trinajstić information content (AvgIpc) is 2.61. The Balaban J connectivity index is 1.38. The van der Waals surface area contributed by atoms with Crippen molar-refractivity contribution in [2.24, 2.45) is 17.8 Å². The monoisotopic (exact) mass is 347 g/mol. The molecule has 3 heteroatoms. The maximum atomic E-state index is 13.1. The van der Waals surface area contributed by atoms with Gasteiger partial charge in [-0.05, 0) is 80.5 Å². The molecule has 6 rings (SSSR count). The number of amides is 1. The molecule has 4 saturated carbocycles. The molecule has 134 valence electrons. The van der Waals surface area contributed by atoms with Gasteiger partial charge in [-0.2, -0.15) is 0 Å². The highest BCUT2D eigenvalue weighted by Crippen LogP contribution is 2.55. The highest BCUT2D eigenvalue weighted by atomic mass is 16.5. The lowest BCUT2D eigenvalue weighted by molar-refractivity contribution is -0.0167. The predicted molar refractivity (Wildman–Crippen MR) is 101 cm³/mol. The van der Waals surface area contributed by atoms with E-state index in [1.165, 1.54) is 19.3 Å². The van der Waals surface area contributed by atoms with Crippen molar-refractivity contribution in [2.45, 2.75) is 44.1 Å². The highest BCUT2D eigenvalue weighted by molar-refractivity contribution is 5.97. The van der Waals surface area contributed by atoms with Gasteiger partial charge >= 0.3 is 0 Å². The summed E-state index contributed by atoms with van der Waals surface area (Å²) in [6, 6.07) is 17.2. The zero-order valence-corrected chi connectivity index (χ0v) is 15.0. The van der Waals surface area contributed by atoms with Gasteiger partial charge in [0, 0.05) is 5.54 Å². The summed E-state index contributed by atoms with van der Waals surface area (Å²) in [7, 11) is 0. The van der Waals surface area contributed by atoms with Crippen LogP contribution < -0.4 is 10.1 Å². The topological polar surface area (TPSA) is 38.3 Å². The Morgan fingerprint density at radius 3 is 2.08 bits per heavy atom. The molecule has 2 aromatic rings. The normalized spacial score (nSPS) is 31.6. The summed E-state index contributed by atoms with van der Waals surface area (Å²) in [5, 5.41) is 3.45. The fraction of sp³-hybridized carbons (Fsp3) is 0.435. The summed E-state index contributed by atoms with van der Waals surface area (Å²) < 4.78 is 5.99. The van der Waals surface area contributed by atoms with Gasteiger partial charge in [-0.1, -0.05) is 30.3 Å². The van der Waals surface area contributed by atoms with E-state index >= 15 is 0 Å². The van der Waals surface area contributed by atoms with Crippen molar-refractivity contribution in [3.63, 3.8) is 0 Å². The third-order valence-electron chi connectivity index (χ3n) is 6.52. The Morgan fingerprint density at radius 1 is 0.846 bits per heavy atom. The van der Waals surface area contributed by atoms with Crippen molar-refractivity contribution in [1.29, 1.82) is 0 Å². The standard InChI is InChI=1S/C23H25NO2/c25-22(24-23-13-16-10-17(14-23)12-18(11-16)15-23)20-8-4-5-9-21(20)26-19-6-2-1-3-7-19/h1-9,16-18H,10-15H2,(H,24,25). The Morgan fingerprint density at radius 2 is 1.42 bits per heavy atom. The van der Waals surface area contributed by atoms with Gasteiger partial charge in [0.05, 0.1) is 5.56 Å². The number of carbonyl (C=O) groups is 1. The number of nitrogens with one attached hydrogen (secondary N) is 1. The van der Waals surface area contributed by atoms with E-state index in [4.69, 9.17) is 4.74 Å². The van der Waals surface area contributed by atoms with Crippen LogP contribution in [0.25, 0.3) is 0 Å². The zero-order valence-electron chi connectivity index (χ0n) is 15.0. The lowest BCUT2D eigenvalue weighted by Gasteiger charge is -2.56. The number of carbonyl (C=O) groups excluding carboxylic acids is 1. The van der Waals surface area contributed by atoms with Gasteiger partial charge in [-0.25, -0.2) is 0 Å². The molecule has 0 aliphatic heterocycles. The fourth-order valence-electron chi connectivity index (χ4n) is 5.93. The van der Waals surface area contributed by atoms with Crippen LogP contribution >= 0.6 is 0 Å². The Kier molecular flexibility index (Phi) is 3.77. The van der Waals surface area contributed by atoms with Gasteiger partial charge in [0.2, 0.25) is 0 Å². The third-order valence-corrected chi connectivity index (χ3v) is 6.52. The summed E-state index contributed by atoms with van der Waals surface area (Å²) in [5.74, 6) is 3.84. The first kappa shape index (κ1) is 15.9. The molecule has 4 aliphatic rings. The average molecular weight is 347 g/mol. The Hall–Kier alpha value is -2.29. The van der Waals surface area contributed by atoms with Crippen LogP contribution in [0.5, 0.6) is 11.5 Å². The molecule has 4 fully saturated rings. The zero-order chi connectivity index (χ0) is 17.6. The number of ether oxygens (including phenoxy) is 1. The second-order valence-electron chi connectivity index (χ2n) is 8.56. The summed E-state index contributed by atoms with van der Waals surface area (Å²) in [4.78, 5) is 13.1. The van der Waals surface area contributed by atoms with E-state index in [1.807, 2.05) is 54.6 Å². The quantitative estimate of drug-likeness (QED) is 0.828. The van der Waals surface area contributed by atoms with Crippen LogP contribution in [0.3, 0.4) is 0 Å². The van der Waals surface area contributed by atoms with Crippen LogP contribution in [0, 0.1) is 17.8 Å². The van der Waals surface area contributed by atoms with E-state index in [9.17, 15) is 4.79 Å². The van der Waals surface area contributed by atoms with Gasteiger partial charge in [-0.3, -0.25) is 4.79 Å². The van der Waals surface area contributed by atoms with Crippen LogP contribution in [0.1, 0.15) is 48.9 Å². The molecule has 0 radical (unpaired) electrons. The summed E-state index contributed by atoms with van der Waals surface area (Å²) in [5.41, 5.74) is 0.651. The van der Waals surface area contributed by atoms with Crippen LogP contribution in [0.4, 0.5) is 0 Å². The van der Waals surface area contributed by atoms with E-state index in [2.05, 4.69) is 5.32 Å². The lowest BCUT2D eigenvalue weighted by Crippen LogP contribution is -2.59. The molecule has 2 aromatic carbocycles. The van der Waals surface area contributed by atoms with E-state index in [-0.39, 0.29) is 11.4 Å². The molecule has 0 heterocycles. The SMILES string of the molecule is O=C(NC12CC3CC(CC(C3)C1)C2)c1ccccc1Oc1ccccc1. The molecule has 4 bridgehead atoms. The Bertz CT molecular complexity index is 779. The molecule has 1 amide bonds. The molecule has 4 aliphatic carbocycles. The first-order chi connectivity index (χ1) is 12.7. The van der Waals surface area contributed by atoms with E-state index in [0.29, 0.717) is 11.3 Å². The van der Waals surface area contributed by atoms with Crippen molar-refractivity contribution < 1.29 is 9.53 Å². The van der Waals surface area contributed by atoms with Gasteiger partial charge in [0.25, 0.3) is 5.91 Å². The maximum Gasteiger partial charge on any atom is 0.255 e. The van der Waals surface area contributed by atoms with Crippen LogP contribution in [0.15, 0.2) is 54.6 Å². The highest BCUT2D eigenvalue weighted by Gasteiger charge is 2.51. The van der Waals surface area contributed by atoms with E-state index < -0.39 is 0 Å². The number of para-hydroxylation sites is 2. The first-order valence-corrected chi connectivity index (χ1v) is 9.84. The van der Waals surface area contributed by atoms with Crippen LogP contribution in [-0.2, 0) is 0 Å². The van der Waals surface area contributed by atoms with Crippen molar-refractivity contribution in [3.8, 4) is 11.5 Å². The molecular weight excluding hydrogens is 322 g/mol. The maximum absolute atomic E-state index is 13.1. The molecule has 1 N–H and O–H groups in total. The summed E-state index contributed by atoms with van der Waals surface area (Å²) in [6.45, 7) is 0. The van der Waals surface area contributed by atoms with E-state index in [0.717, 1.165) is 42.8 Å². The summed E-state index contributed by atoms with van der Waals surface area (Å²) in [6.07, 6.45) is 7.61. The number of hydrogen-bond acceptors (Lipinski definition) is 2. The molecular formula is C23H25NO2. The van der Waals surface area contributed by atoms with Gasteiger partial charge in [-0.15, -0.1) is 0 Å². The minimum Gasteiger partial charge on any atom is -0.457 e. The summed E-state index contributed by atoms with van der Waals surface area (Å²) >= 11 is 0. The molecule has 26 heavy (non-hydrogen) atoms. The van der Waals surface area contributed by atoms with Gasteiger partial charge in [0.1, 0.15) is 11.5 Å². The van der Waals surface area contributed by atoms with Crippen molar-refractivity contribution in [1.82, 2.24) is 5.32 Å². The van der Waals surface area contributed by atoms with Crippen LogP contribution in [-0.4, -0.2) is 11.4 Å². The predicted octanol–water partition coefficient (Wildman–Crippen LogP) is 5.18. The van der Waals surface area contributed by atoms with Crippen molar-refractivity contribution in [3.05, 3.63) is 60.2 Å². The van der Waals surface area contributed by atoms with Crippen molar-refractivity contribution >= 4 is 5.91 Å². The minimum absolute atomic E-state index is 0.0125. The van der Waals surface area contributed by atoms with E-state index in [1.54, 1.807) is 0 Å². The molecule has 0 saturated heterocycles. The molecule has 0 spiro atoms. The second kappa shape index (κ2) is 6.15. The molecule has 0 aromatic heterocycles. The molecule has 3 nitrogen and oxygen atoms in total. The minimum atomic E-state index is 0.0125. The second-order valence-corrected chi connectivity index (χ2v) is 8.56. The van der Waals surface area contributed by atoms with Crippen molar-refractivity contribution in [2.75, 3.05) is 0 Å². The molecule has 0 unspecified atom stereocenters. The van der Waals surface area contributed by atoms with Gasteiger partial charge in [0.15, 0.2) is 0 Å². The van der Waals surface area contributed by atoms with Crippen LogP contribution in [0.2, 0.25) is 0 Å².